The minimum absolute atomic E-state index is 0.0337. The molecule has 1 aromatic rings. The highest BCUT2D eigenvalue weighted by Gasteiger charge is 2.23. The van der Waals surface area contributed by atoms with Crippen LogP contribution in [0, 0.1) is 0 Å². The normalized spacial score (nSPS) is 18.9. The number of carboxylic acids is 1. The summed E-state index contributed by atoms with van der Waals surface area (Å²) in [5, 5.41) is 18.8. The van der Waals surface area contributed by atoms with E-state index in [0.29, 0.717) is 25.5 Å². The largest absolute Gasteiger partial charge is 0.480 e. The number of carbonyl (C=O) groups excluding carboxylic acids is 1. The van der Waals surface area contributed by atoms with Crippen molar-refractivity contribution in [2.45, 2.75) is 26.1 Å². The van der Waals surface area contributed by atoms with Gasteiger partial charge in [-0.3, -0.25) is 4.79 Å². The monoisotopic (exact) mass is 283 g/mol. The van der Waals surface area contributed by atoms with Crippen LogP contribution >= 0.6 is 0 Å². The molecular weight excluding hydrogens is 266 g/mol. The van der Waals surface area contributed by atoms with E-state index >= 15 is 0 Å². The Labute approximate surface area is 115 Å². The molecule has 2 heterocycles. The van der Waals surface area contributed by atoms with Gasteiger partial charge in [0, 0.05) is 6.54 Å². The predicted octanol–water partition coefficient (Wildman–Crippen LogP) is -0.707. The molecule has 2 rings (SSSR count). The predicted molar refractivity (Wildman–Crippen MR) is 66.9 cm³/mol. The van der Waals surface area contributed by atoms with Crippen molar-refractivity contribution in [1.82, 2.24) is 25.2 Å². The average Bonchev–Trinajstić information content (AvgIpc) is 2.83. The topological polar surface area (TPSA) is 110 Å². The van der Waals surface area contributed by atoms with Crippen LogP contribution < -0.4 is 5.32 Å². The van der Waals surface area contributed by atoms with Crippen molar-refractivity contribution >= 4 is 12.0 Å². The van der Waals surface area contributed by atoms with Gasteiger partial charge in [0.2, 0.25) is 0 Å². The first-order chi connectivity index (χ1) is 9.56. The third-order valence-corrected chi connectivity index (χ3v) is 2.93. The maximum atomic E-state index is 12.0. The molecular formula is C11H17N5O4. The van der Waals surface area contributed by atoms with Gasteiger partial charge in [0.1, 0.15) is 12.2 Å². The van der Waals surface area contributed by atoms with E-state index in [1.54, 1.807) is 4.90 Å². The number of morpholine rings is 1. The zero-order chi connectivity index (χ0) is 14.5. The van der Waals surface area contributed by atoms with Crippen molar-refractivity contribution in [1.29, 1.82) is 0 Å². The smallest absolute Gasteiger partial charge is 0.325 e. The van der Waals surface area contributed by atoms with Gasteiger partial charge < -0.3 is 20.1 Å². The molecule has 1 unspecified atom stereocenters. The van der Waals surface area contributed by atoms with E-state index in [2.05, 4.69) is 15.6 Å². The third kappa shape index (κ3) is 3.67. The number of hydrogen-bond donors (Lipinski definition) is 2. The van der Waals surface area contributed by atoms with Crippen LogP contribution in [-0.2, 0) is 22.6 Å². The van der Waals surface area contributed by atoms with Crippen molar-refractivity contribution in [3.8, 4) is 0 Å². The summed E-state index contributed by atoms with van der Waals surface area (Å²) in [6.07, 6.45) is 1.50. The zero-order valence-corrected chi connectivity index (χ0v) is 11.2. The van der Waals surface area contributed by atoms with Crippen molar-refractivity contribution in [3.05, 3.63) is 11.9 Å². The van der Waals surface area contributed by atoms with E-state index in [0.717, 1.165) is 0 Å². The Balaban J connectivity index is 1.83. The lowest BCUT2D eigenvalue weighted by atomic mass is 10.3. The number of hydrogen-bond acceptors (Lipinski definition) is 5. The van der Waals surface area contributed by atoms with Crippen molar-refractivity contribution in [2.75, 3.05) is 19.8 Å². The number of urea groups is 1. The summed E-state index contributed by atoms with van der Waals surface area (Å²) in [6.45, 7) is 3.50. The van der Waals surface area contributed by atoms with Crippen LogP contribution in [0.25, 0.3) is 0 Å². The van der Waals surface area contributed by atoms with Crippen LogP contribution in [0.3, 0.4) is 0 Å². The SMILES string of the molecule is CC1COCCN1C(=O)NCc1cn(CC(=O)O)nn1. The maximum Gasteiger partial charge on any atom is 0.325 e. The fourth-order valence-electron chi connectivity index (χ4n) is 1.93. The van der Waals surface area contributed by atoms with E-state index in [1.807, 2.05) is 6.92 Å². The maximum absolute atomic E-state index is 12.0. The summed E-state index contributed by atoms with van der Waals surface area (Å²) in [5.74, 6) is -0.993. The molecule has 1 saturated heterocycles. The van der Waals surface area contributed by atoms with E-state index in [4.69, 9.17) is 9.84 Å². The molecule has 0 aromatic carbocycles. The molecule has 9 heteroatoms. The molecule has 1 aromatic heterocycles. The first-order valence-electron chi connectivity index (χ1n) is 6.29. The molecule has 110 valence electrons. The Morgan fingerprint density at radius 2 is 2.40 bits per heavy atom. The molecule has 1 aliphatic rings. The molecule has 20 heavy (non-hydrogen) atoms. The first-order valence-corrected chi connectivity index (χ1v) is 6.29. The second kappa shape index (κ2) is 6.33. The number of carboxylic acid groups (broad SMARTS) is 1. The number of nitrogens with zero attached hydrogens (tertiary/aromatic N) is 4. The minimum atomic E-state index is -0.993. The quantitative estimate of drug-likeness (QED) is 0.755. The van der Waals surface area contributed by atoms with Crippen LogP contribution in [0.1, 0.15) is 12.6 Å². The number of nitrogens with one attached hydrogen (secondary N) is 1. The van der Waals surface area contributed by atoms with Gasteiger partial charge >= 0.3 is 12.0 Å². The standard InChI is InChI=1S/C11H17N5O4/c1-8-7-20-3-2-16(8)11(19)12-4-9-5-15(14-13-9)6-10(17)18/h5,8H,2-4,6-7H2,1H3,(H,12,19)(H,17,18). The third-order valence-electron chi connectivity index (χ3n) is 2.93. The molecule has 9 nitrogen and oxygen atoms in total. The van der Waals surface area contributed by atoms with E-state index in [1.165, 1.54) is 10.9 Å². The number of aromatic nitrogens is 3. The highest BCUT2D eigenvalue weighted by atomic mass is 16.5. The average molecular weight is 283 g/mol. The summed E-state index contributed by atoms with van der Waals surface area (Å²) < 4.78 is 6.47. The van der Waals surface area contributed by atoms with Crippen molar-refractivity contribution in [3.63, 3.8) is 0 Å². The molecule has 0 radical (unpaired) electrons. The second-order valence-electron chi connectivity index (χ2n) is 4.58. The molecule has 1 fully saturated rings. The van der Waals surface area contributed by atoms with Crippen LogP contribution in [-0.4, -0.2) is 62.8 Å². The van der Waals surface area contributed by atoms with Crippen LogP contribution in [0.2, 0.25) is 0 Å². The summed E-state index contributed by atoms with van der Waals surface area (Å²) in [6, 6.07) is -0.153. The molecule has 1 atom stereocenters. The Morgan fingerprint density at radius 1 is 1.60 bits per heavy atom. The molecule has 0 aliphatic carbocycles. The van der Waals surface area contributed by atoms with Crippen LogP contribution in [0.15, 0.2) is 6.20 Å². The van der Waals surface area contributed by atoms with Crippen molar-refractivity contribution in [2.24, 2.45) is 0 Å². The molecule has 0 bridgehead atoms. The lowest BCUT2D eigenvalue weighted by molar-refractivity contribution is -0.137. The van der Waals surface area contributed by atoms with Crippen LogP contribution in [0.4, 0.5) is 4.79 Å². The molecule has 2 amide bonds. The number of ether oxygens (including phenoxy) is 1. The van der Waals surface area contributed by atoms with Gasteiger partial charge in [-0.15, -0.1) is 5.10 Å². The highest BCUT2D eigenvalue weighted by Crippen LogP contribution is 2.06. The number of carbonyl (C=O) groups is 2. The lowest BCUT2D eigenvalue weighted by Crippen LogP contribution is -2.51. The Kier molecular flexibility index (Phi) is 4.51. The van der Waals surface area contributed by atoms with Crippen molar-refractivity contribution < 1.29 is 19.4 Å². The lowest BCUT2D eigenvalue weighted by Gasteiger charge is -2.33. The second-order valence-corrected chi connectivity index (χ2v) is 4.58. The van der Waals surface area contributed by atoms with E-state index in [9.17, 15) is 9.59 Å². The molecule has 1 aliphatic heterocycles. The van der Waals surface area contributed by atoms with Gasteiger partial charge in [0.25, 0.3) is 0 Å². The van der Waals surface area contributed by atoms with Gasteiger partial charge in [-0.1, -0.05) is 5.21 Å². The van der Waals surface area contributed by atoms with Crippen LogP contribution in [0.5, 0.6) is 0 Å². The summed E-state index contributed by atoms with van der Waals surface area (Å²) in [4.78, 5) is 24.2. The molecule has 0 spiro atoms. The van der Waals surface area contributed by atoms with Gasteiger partial charge in [0.05, 0.1) is 32.0 Å². The minimum Gasteiger partial charge on any atom is -0.480 e. The number of rotatable bonds is 4. The number of amides is 2. The Morgan fingerprint density at radius 3 is 3.10 bits per heavy atom. The zero-order valence-electron chi connectivity index (χ0n) is 11.2. The molecule has 0 saturated carbocycles. The van der Waals surface area contributed by atoms with E-state index < -0.39 is 5.97 Å². The van der Waals surface area contributed by atoms with Gasteiger partial charge in [-0.05, 0) is 6.92 Å². The highest BCUT2D eigenvalue weighted by molar-refractivity contribution is 5.74. The summed E-state index contributed by atoms with van der Waals surface area (Å²) in [5.41, 5.74) is 0.514. The molecule has 2 N–H and O–H groups in total. The fourth-order valence-corrected chi connectivity index (χ4v) is 1.93. The first kappa shape index (κ1) is 14.3. The van der Waals surface area contributed by atoms with Gasteiger partial charge in [-0.25, -0.2) is 9.48 Å². The fraction of sp³-hybridized carbons (Fsp3) is 0.636. The Bertz CT molecular complexity index is 489. The summed E-state index contributed by atoms with van der Waals surface area (Å²) in [7, 11) is 0. The van der Waals surface area contributed by atoms with Gasteiger partial charge in [-0.2, -0.15) is 0 Å². The van der Waals surface area contributed by atoms with Gasteiger partial charge in [0.15, 0.2) is 0 Å². The summed E-state index contributed by atoms with van der Waals surface area (Å²) >= 11 is 0. The number of aliphatic carboxylic acids is 1. The Hall–Kier alpha value is -2.16. The van der Waals surface area contributed by atoms with E-state index in [-0.39, 0.29) is 25.2 Å².